The molecule has 0 amide bonds. The molecule has 0 bridgehead atoms. The predicted octanol–water partition coefficient (Wildman–Crippen LogP) is 8.05. The Labute approximate surface area is 188 Å². The first-order valence-electron chi connectivity index (χ1n) is 10.8. The zero-order valence-corrected chi connectivity index (χ0v) is 17.6. The third-order valence-electron chi connectivity index (χ3n) is 6.18. The van der Waals surface area contributed by atoms with E-state index < -0.39 is 0 Å². The van der Waals surface area contributed by atoms with Crippen molar-refractivity contribution >= 4 is 22.7 Å². The van der Waals surface area contributed by atoms with Gasteiger partial charge in [0.2, 0.25) is 0 Å². The average Bonchev–Trinajstić information content (AvgIpc) is 2.98. The number of para-hydroxylation sites is 3. The standard InChI is InChI=1S/C30H22N2/c31-27-18-8-6-14-23(27)26-17-10-20-29-30(26)25-16-5-4-13-22(25)24-15-7-9-19-28(24)32(29)21-11-2-1-3-12-21/h1-20H,31H2. The molecule has 0 atom stereocenters. The molecule has 0 unspecified atom stereocenters. The highest BCUT2D eigenvalue weighted by Crippen LogP contribution is 2.53. The summed E-state index contributed by atoms with van der Waals surface area (Å²) in [6.45, 7) is 0. The normalized spacial score (nSPS) is 11.8. The van der Waals surface area contributed by atoms with Crippen LogP contribution in [-0.2, 0) is 0 Å². The van der Waals surface area contributed by atoms with Gasteiger partial charge in [-0.1, -0.05) is 91.0 Å². The van der Waals surface area contributed by atoms with E-state index in [1.54, 1.807) is 0 Å². The van der Waals surface area contributed by atoms with Crippen molar-refractivity contribution in [2.75, 3.05) is 10.6 Å². The van der Waals surface area contributed by atoms with Gasteiger partial charge in [-0.25, -0.2) is 0 Å². The molecule has 0 saturated carbocycles. The van der Waals surface area contributed by atoms with Crippen LogP contribution in [-0.4, -0.2) is 0 Å². The monoisotopic (exact) mass is 410 g/mol. The minimum Gasteiger partial charge on any atom is -0.398 e. The maximum atomic E-state index is 6.46. The first-order valence-corrected chi connectivity index (χ1v) is 10.8. The molecule has 6 rings (SSSR count). The molecule has 2 N–H and O–H groups in total. The molecule has 0 spiro atoms. The summed E-state index contributed by atoms with van der Waals surface area (Å²) in [6, 6.07) is 42.6. The van der Waals surface area contributed by atoms with E-state index in [-0.39, 0.29) is 0 Å². The topological polar surface area (TPSA) is 29.3 Å². The Kier molecular flexibility index (Phi) is 4.29. The van der Waals surface area contributed by atoms with Crippen LogP contribution in [0.1, 0.15) is 0 Å². The van der Waals surface area contributed by atoms with Gasteiger partial charge in [-0.05, 0) is 47.0 Å². The van der Waals surface area contributed by atoms with Crippen molar-refractivity contribution in [2.45, 2.75) is 0 Å². The van der Waals surface area contributed by atoms with Crippen LogP contribution in [0, 0.1) is 0 Å². The Morgan fingerprint density at radius 1 is 0.406 bits per heavy atom. The molecule has 0 saturated heterocycles. The van der Waals surface area contributed by atoms with Crippen LogP contribution in [0.3, 0.4) is 0 Å². The first-order chi connectivity index (χ1) is 15.8. The Morgan fingerprint density at radius 3 is 1.75 bits per heavy atom. The lowest BCUT2D eigenvalue weighted by molar-refractivity contribution is 1.29. The van der Waals surface area contributed by atoms with Crippen LogP contribution in [0.2, 0.25) is 0 Å². The molecule has 0 fully saturated rings. The van der Waals surface area contributed by atoms with Gasteiger partial charge < -0.3 is 10.6 Å². The van der Waals surface area contributed by atoms with Crippen LogP contribution < -0.4 is 10.6 Å². The third kappa shape index (κ3) is 2.81. The maximum absolute atomic E-state index is 6.46. The number of rotatable bonds is 2. The van der Waals surface area contributed by atoms with Crippen LogP contribution in [0.4, 0.5) is 22.7 Å². The van der Waals surface area contributed by atoms with Crippen LogP contribution in [0.15, 0.2) is 121 Å². The molecule has 2 nitrogen and oxygen atoms in total. The second kappa shape index (κ2) is 7.44. The van der Waals surface area contributed by atoms with Gasteiger partial charge in [0.05, 0.1) is 11.4 Å². The second-order valence-electron chi connectivity index (χ2n) is 8.02. The summed E-state index contributed by atoms with van der Waals surface area (Å²) in [5, 5.41) is 0. The number of nitrogen functional groups attached to an aromatic ring is 1. The fraction of sp³-hybridized carbons (Fsp3) is 0. The van der Waals surface area contributed by atoms with Gasteiger partial charge in [0.25, 0.3) is 0 Å². The number of anilines is 4. The fourth-order valence-electron chi connectivity index (χ4n) is 4.79. The Morgan fingerprint density at radius 2 is 0.969 bits per heavy atom. The number of nitrogens with zero attached hydrogens (tertiary/aromatic N) is 1. The summed E-state index contributed by atoms with van der Waals surface area (Å²) in [5.74, 6) is 0. The molecule has 0 aliphatic carbocycles. The summed E-state index contributed by atoms with van der Waals surface area (Å²) in [4.78, 5) is 2.37. The molecular formula is C30H22N2. The molecule has 5 aromatic rings. The summed E-state index contributed by atoms with van der Waals surface area (Å²) >= 11 is 0. The highest BCUT2D eigenvalue weighted by Gasteiger charge is 2.27. The molecule has 32 heavy (non-hydrogen) atoms. The molecule has 0 radical (unpaired) electrons. The van der Waals surface area contributed by atoms with Crippen LogP contribution in [0.5, 0.6) is 0 Å². The van der Waals surface area contributed by atoms with E-state index in [0.29, 0.717) is 0 Å². The van der Waals surface area contributed by atoms with Gasteiger partial charge in [-0.15, -0.1) is 0 Å². The Balaban J connectivity index is 1.78. The smallest absolute Gasteiger partial charge is 0.0546 e. The maximum Gasteiger partial charge on any atom is 0.0546 e. The Bertz CT molecular complexity index is 1440. The van der Waals surface area contributed by atoms with Crippen LogP contribution >= 0.6 is 0 Å². The largest absolute Gasteiger partial charge is 0.398 e. The molecule has 1 heterocycles. The number of nitrogens with two attached hydrogens (primary N) is 1. The van der Waals surface area contributed by atoms with Crippen molar-refractivity contribution in [2.24, 2.45) is 0 Å². The van der Waals surface area contributed by atoms with Gasteiger partial charge in [-0.2, -0.15) is 0 Å². The van der Waals surface area contributed by atoms with E-state index in [4.69, 9.17) is 5.73 Å². The molecule has 152 valence electrons. The summed E-state index contributed by atoms with van der Waals surface area (Å²) < 4.78 is 0. The molecule has 0 aromatic heterocycles. The quantitative estimate of drug-likeness (QED) is 0.293. The summed E-state index contributed by atoms with van der Waals surface area (Å²) in [5.41, 5.74) is 17.7. The molecular weight excluding hydrogens is 388 g/mol. The van der Waals surface area contributed by atoms with Crippen molar-refractivity contribution < 1.29 is 0 Å². The zero-order valence-electron chi connectivity index (χ0n) is 17.6. The van der Waals surface area contributed by atoms with Crippen molar-refractivity contribution in [3.63, 3.8) is 0 Å². The third-order valence-corrected chi connectivity index (χ3v) is 6.18. The molecule has 2 heteroatoms. The molecule has 1 aliphatic rings. The highest BCUT2D eigenvalue weighted by atomic mass is 15.1. The van der Waals surface area contributed by atoms with Gasteiger partial charge in [0.1, 0.15) is 0 Å². The van der Waals surface area contributed by atoms with E-state index in [9.17, 15) is 0 Å². The van der Waals surface area contributed by atoms with E-state index in [2.05, 4.69) is 114 Å². The average molecular weight is 411 g/mol. The van der Waals surface area contributed by atoms with Crippen molar-refractivity contribution in [3.8, 4) is 33.4 Å². The Hall–Kier alpha value is -4.30. The molecule has 5 aromatic carbocycles. The van der Waals surface area contributed by atoms with E-state index in [1.165, 1.54) is 27.9 Å². The first kappa shape index (κ1) is 18.5. The molecule has 1 aliphatic heterocycles. The number of hydrogen-bond acceptors (Lipinski definition) is 2. The number of hydrogen-bond donors (Lipinski definition) is 1. The van der Waals surface area contributed by atoms with E-state index in [1.807, 2.05) is 12.1 Å². The van der Waals surface area contributed by atoms with E-state index >= 15 is 0 Å². The predicted molar refractivity (Wildman–Crippen MR) is 135 cm³/mol. The van der Waals surface area contributed by atoms with Gasteiger partial charge >= 0.3 is 0 Å². The van der Waals surface area contributed by atoms with Crippen molar-refractivity contribution in [3.05, 3.63) is 121 Å². The second-order valence-corrected chi connectivity index (χ2v) is 8.02. The minimum absolute atomic E-state index is 0.784. The summed E-state index contributed by atoms with van der Waals surface area (Å²) in [6.07, 6.45) is 0. The number of fused-ring (bicyclic) bond motifs is 5. The van der Waals surface area contributed by atoms with Gasteiger partial charge in [0, 0.05) is 28.1 Å². The van der Waals surface area contributed by atoms with Crippen LogP contribution in [0.25, 0.3) is 33.4 Å². The highest BCUT2D eigenvalue weighted by molar-refractivity contribution is 6.07. The zero-order chi connectivity index (χ0) is 21.5. The minimum atomic E-state index is 0.784. The lowest BCUT2D eigenvalue weighted by Gasteiger charge is -2.28. The summed E-state index contributed by atoms with van der Waals surface area (Å²) in [7, 11) is 0. The van der Waals surface area contributed by atoms with Crippen molar-refractivity contribution in [1.29, 1.82) is 0 Å². The lowest BCUT2D eigenvalue weighted by Crippen LogP contribution is -2.11. The lowest BCUT2D eigenvalue weighted by atomic mass is 9.89. The van der Waals surface area contributed by atoms with Gasteiger partial charge in [0.15, 0.2) is 0 Å². The van der Waals surface area contributed by atoms with E-state index in [0.717, 1.165) is 28.2 Å². The van der Waals surface area contributed by atoms with Crippen molar-refractivity contribution in [1.82, 2.24) is 0 Å². The SMILES string of the molecule is Nc1ccccc1-c1cccc2c1-c1ccccc1-c1ccccc1N2c1ccccc1. The number of benzene rings is 5. The van der Waals surface area contributed by atoms with Gasteiger partial charge in [-0.3, -0.25) is 0 Å². The fourth-order valence-corrected chi connectivity index (χ4v) is 4.79.